The molecule has 1 aromatic carbocycles. The molecule has 16 heavy (non-hydrogen) atoms. The van der Waals surface area contributed by atoms with Gasteiger partial charge in [0.15, 0.2) is 0 Å². The molecule has 2 rings (SSSR count). The number of nitrogen functional groups attached to an aromatic ring is 1. The van der Waals surface area contributed by atoms with Crippen molar-refractivity contribution in [3.63, 3.8) is 0 Å². The molecule has 0 unspecified atom stereocenters. The summed E-state index contributed by atoms with van der Waals surface area (Å²) < 4.78 is 38.3. The van der Waals surface area contributed by atoms with Gasteiger partial charge in [-0.2, -0.15) is 13.2 Å². The SMILES string of the molecule is CN1CC(c2c(N)cccc2C(F)(F)F)C1. The molecule has 1 heterocycles. The van der Waals surface area contributed by atoms with Crippen molar-refractivity contribution in [1.29, 1.82) is 0 Å². The molecule has 0 spiro atoms. The lowest BCUT2D eigenvalue weighted by Crippen LogP contribution is -2.42. The van der Waals surface area contributed by atoms with Crippen LogP contribution in [0.25, 0.3) is 0 Å². The number of rotatable bonds is 1. The maximum atomic E-state index is 12.8. The van der Waals surface area contributed by atoms with Gasteiger partial charge >= 0.3 is 6.18 Å². The van der Waals surface area contributed by atoms with Crippen molar-refractivity contribution in [3.8, 4) is 0 Å². The van der Waals surface area contributed by atoms with Crippen molar-refractivity contribution in [2.75, 3.05) is 25.9 Å². The fourth-order valence-electron chi connectivity index (χ4n) is 2.17. The quantitative estimate of drug-likeness (QED) is 0.750. The molecule has 0 atom stereocenters. The van der Waals surface area contributed by atoms with Gasteiger partial charge in [0.05, 0.1) is 5.56 Å². The summed E-state index contributed by atoms with van der Waals surface area (Å²) in [4.78, 5) is 1.97. The van der Waals surface area contributed by atoms with Gasteiger partial charge in [0.1, 0.15) is 0 Å². The molecule has 1 aliphatic rings. The molecule has 2 nitrogen and oxygen atoms in total. The van der Waals surface area contributed by atoms with Gasteiger partial charge in [0.2, 0.25) is 0 Å². The number of alkyl halides is 3. The third-order valence-corrected chi connectivity index (χ3v) is 2.92. The fourth-order valence-corrected chi connectivity index (χ4v) is 2.17. The Morgan fingerprint density at radius 3 is 2.44 bits per heavy atom. The summed E-state index contributed by atoms with van der Waals surface area (Å²) in [6.07, 6.45) is -4.32. The van der Waals surface area contributed by atoms with E-state index in [9.17, 15) is 13.2 Å². The minimum absolute atomic E-state index is 0.0946. The van der Waals surface area contributed by atoms with Gasteiger partial charge in [-0.05, 0) is 24.7 Å². The average Bonchev–Trinajstić information content (AvgIpc) is 2.12. The highest BCUT2D eigenvalue weighted by Crippen LogP contribution is 2.40. The van der Waals surface area contributed by atoms with Crippen molar-refractivity contribution in [2.24, 2.45) is 0 Å². The minimum atomic E-state index is -4.32. The van der Waals surface area contributed by atoms with Crippen LogP contribution in [0.4, 0.5) is 18.9 Å². The van der Waals surface area contributed by atoms with Crippen molar-refractivity contribution >= 4 is 5.69 Å². The van der Waals surface area contributed by atoms with Gasteiger partial charge in [-0.15, -0.1) is 0 Å². The first-order chi connectivity index (χ1) is 7.39. The molecular weight excluding hydrogens is 217 g/mol. The highest BCUT2D eigenvalue weighted by molar-refractivity contribution is 5.54. The van der Waals surface area contributed by atoms with E-state index >= 15 is 0 Å². The van der Waals surface area contributed by atoms with Gasteiger partial charge < -0.3 is 10.6 Å². The van der Waals surface area contributed by atoms with Crippen LogP contribution in [-0.4, -0.2) is 25.0 Å². The summed E-state index contributed by atoms with van der Waals surface area (Å²) in [5.74, 6) is -0.0946. The fraction of sp³-hybridized carbons (Fsp3) is 0.455. The van der Waals surface area contributed by atoms with E-state index in [0.29, 0.717) is 13.1 Å². The van der Waals surface area contributed by atoms with E-state index in [1.54, 1.807) is 0 Å². The standard InChI is InChI=1S/C11H13F3N2/c1-16-5-7(6-16)10-8(11(12,13)14)3-2-4-9(10)15/h2-4,7H,5-6,15H2,1H3. The zero-order valence-corrected chi connectivity index (χ0v) is 8.88. The van der Waals surface area contributed by atoms with Crippen molar-refractivity contribution in [1.82, 2.24) is 4.90 Å². The third kappa shape index (κ3) is 1.87. The molecule has 1 saturated heterocycles. The Morgan fingerprint density at radius 2 is 1.94 bits per heavy atom. The Morgan fingerprint density at radius 1 is 1.31 bits per heavy atom. The Labute approximate surface area is 91.8 Å². The number of hydrogen-bond acceptors (Lipinski definition) is 2. The van der Waals surface area contributed by atoms with E-state index < -0.39 is 11.7 Å². The molecule has 0 amide bonds. The lowest BCUT2D eigenvalue weighted by Gasteiger charge is -2.38. The predicted octanol–water partition coefficient (Wildman–Crippen LogP) is 2.32. The van der Waals surface area contributed by atoms with Gasteiger partial charge in [-0.3, -0.25) is 0 Å². The Kier molecular flexibility index (Phi) is 2.58. The Hall–Kier alpha value is -1.23. The van der Waals surface area contributed by atoms with Crippen LogP contribution in [0.2, 0.25) is 0 Å². The number of hydrogen-bond donors (Lipinski definition) is 1. The molecule has 0 aromatic heterocycles. The lowest BCUT2D eigenvalue weighted by molar-refractivity contribution is -0.138. The number of anilines is 1. The lowest BCUT2D eigenvalue weighted by atomic mass is 9.87. The monoisotopic (exact) mass is 230 g/mol. The van der Waals surface area contributed by atoms with Crippen LogP contribution in [0, 0.1) is 0 Å². The second kappa shape index (κ2) is 3.66. The molecule has 1 fully saturated rings. The van der Waals surface area contributed by atoms with Gasteiger partial charge in [0.25, 0.3) is 0 Å². The van der Waals surface area contributed by atoms with Gasteiger partial charge in [0, 0.05) is 24.7 Å². The molecule has 0 aliphatic carbocycles. The van der Waals surface area contributed by atoms with Crippen molar-refractivity contribution < 1.29 is 13.2 Å². The maximum absolute atomic E-state index is 12.8. The van der Waals surface area contributed by atoms with E-state index in [1.807, 2.05) is 11.9 Å². The molecule has 1 aliphatic heterocycles. The maximum Gasteiger partial charge on any atom is 0.416 e. The van der Waals surface area contributed by atoms with Crippen LogP contribution >= 0.6 is 0 Å². The number of nitrogens with zero attached hydrogens (tertiary/aromatic N) is 1. The first-order valence-electron chi connectivity index (χ1n) is 5.03. The summed E-state index contributed by atoms with van der Waals surface area (Å²) >= 11 is 0. The van der Waals surface area contributed by atoms with E-state index in [2.05, 4.69) is 0 Å². The molecule has 5 heteroatoms. The summed E-state index contributed by atoms with van der Waals surface area (Å²) in [7, 11) is 1.88. The van der Waals surface area contributed by atoms with Gasteiger partial charge in [-0.1, -0.05) is 6.07 Å². The molecule has 0 saturated carbocycles. The summed E-state index contributed by atoms with van der Waals surface area (Å²) in [5, 5.41) is 0. The first kappa shape index (κ1) is 11.3. The summed E-state index contributed by atoms with van der Waals surface area (Å²) in [5.41, 5.74) is 5.56. The number of likely N-dealkylation sites (tertiary alicyclic amines) is 1. The van der Waals surface area contributed by atoms with Crippen LogP contribution in [0.1, 0.15) is 17.0 Å². The summed E-state index contributed by atoms with van der Waals surface area (Å²) in [6.45, 7) is 1.27. The van der Waals surface area contributed by atoms with Crippen molar-refractivity contribution in [3.05, 3.63) is 29.3 Å². The predicted molar refractivity (Wildman–Crippen MR) is 56.1 cm³/mol. The topological polar surface area (TPSA) is 29.3 Å². The molecule has 1 aromatic rings. The molecule has 88 valence electrons. The van der Waals surface area contributed by atoms with E-state index in [4.69, 9.17) is 5.73 Å². The smallest absolute Gasteiger partial charge is 0.398 e. The van der Waals surface area contributed by atoms with E-state index in [0.717, 1.165) is 6.07 Å². The van der Waals surface area contributed by atoms with E-state index in [1.165, 1.54) is 12.1 Å². The molecular formula is C11H13F3N2. The van der Waals surface area contributed by atoms with Crippen LogP contribution in [0.15, 0.2) is 18.2 Å². The Balaban J connectivity index is 2.42. The zero-order chi connectivity index (χ0) is 11.9. The normalized spacial score (nSPS) is 18.5. The largest absolute Gasteiger partial charge is 0.416 e. The number of likely N-dealkylation sites (N-methyl/N-ethyl adjacent to an activating group) is 1. The average molecular weight is 230 g/mol. The zero-order valence-electron chi connectivity index (χ0n) is 8.88. The van der Waals surface area contributed by atoms with Crippen LogP contribution < -0.4 is 5.73 Å². The van der Waals surface area contributed by atoms with Gasteiger partial charge in [-0.25, -0.2) is 0 Å². The van der Waals surface area contributed by atoms with E-state index in [-0.39, 0.29) is 17.2 Å². The minimum Gasteiger partial charge on any atom is -0.398 e. The number of benzene rings is 1. The Bertz CT molecular complexity index is 395. The highest BCUT2D eigenvalue weighted by Gasteiger charge is 2.38. The summed E-state index contributed by atoms with van der Waals surface area (Å²) in [6, 6.07) is 3.98. The third-order valence-electron chi connectivity index (χ3n) is 2.92. The molecule has 0 bridgehead atoms. The second-order valence-electron chi connectivity index (χ2n) is 4.22. The molecule has 2 N–H and O–H groups in total. The van der Waals surface area contributed by atoms with Crippen LogP contribution in [0.5, 0.6) is 0 Å². The number of nitrogens with two attached hydrogens (primary N) is 1. The first-order valence-corrected chi connectivity index (χ1v) is 5.03. The second-order valence-corrected chi connectivity index (χ2v) is 4.22. The number of halogens is 3. The van der Waals surface area contributed by atoms with Crippen LogP contribution in [-0.2, 0) is 6.18 Å². The molecule has 0 radical (unpaired) electrons. The van der Waals surface area contributed by atoms with Crippen LogP contribution in [0.3, 0.4) is 0 Å². The highest BCUT2D eigenvalue weighted by atomic mass is 19.4. The van der Waals surface area contributed by atoms with Crippen molar-refractivity contribution in [2.45, 2.75) is 12.1 Å².